The molecule has 0 bridgehead atoms. The minimum absolute atomic E-state index is 0.231. The molecule has 0 saturated carbocycles. The second kappa shape index (κ2) is 5.10. The lowest BCUT2D eigenvalue weighted by atomic mass is 10.1. The zero-order valence-corrected chi connectivity index (χ0v) is 12.0. The molecule has 0 fully saturated rings. The second-order valence-electron chi connectivity index (χ2n) is 5.03. The summed E-state index contributed by atoms with van der Waals surface area (Å²) in [7, 11) is 1.73. The molecule has 7 nitrogen and oxygen atoms in total. The predicted octanol–water partition coefficient (Wildman–Crippen LogP) is 1.28. The smallest absolute Gasteiger partial charge is 0.329 e. The van der Waals surface area contributed by atoms with E-state index in [1.807, 2.05) is 0 Å². The van der Waals surface area contributed by atoms with Gasteiger partial charge < -0.3 is 4.84 Å². The summed E-state index contributed by atoms with van der Waals surface area (Å²) in [4.78, 5) is 41.4. The normalized spacial score (nSPS) is 14.9. The summed E-state index contributed by atoms with van der Waals surface area (Å²) in [5, 5.41) is 4.49. The first-order chi connectivity index (χ1) is 10.5. The minimum Gasteiger partial charge on any atom is -0.329 e. The number of carbonyl (C=O) groups is 3. The highest BCUT2D eigenvalue weighted by molar-refractivity contribution is 6.20. The maximum absolute atomic E-state index is 12.1. The van der Waals surface area contributed by atoms with Gasteiger partial charge in [0.1, 0.15) is 0 Å². The monoisotopic (exact) mass is 299 g/mol. The summed E-state index contributed by atoms with van der Waals surface area (Å²) < 4.78 is 1.56. The topological polar surface area (TPSA) is 81.5 Å². The third-order valence-corrected chi connectivity index (χ3v) is 3.52. The van der Waals surface area contributed by atoms with Gasteiger partial charge >= 0.3 is 5.97 Å². The van der Waals surface area contributed by atoms with E-state index in [0.29, 0.717) is 10.6 Å². The number of fused-ring (bicyclic) bond motifs is 1. The molecule has 22 heavy (non-hydrogen) atoms. The molecule has 1 atom stereocenters. The van der Waals surface area contributed by atoms with Crippen LogP contribution in [0.25, 0.3) is 0 Å². The number of nitrogens with zero attached hydrogens (tertiary/aromatic N) is 3. The van der Waals surface area contributed by atoms with E-state index in [0.717, 1.165) is 0 Å². The molecular weight excluding hydrogens is 286 g/mol. The van der Waals surface area contributed by atoms with Gasteiger partial charge in [-0.1, -0.05) is 17.2 Å². The lowest BCUT2D eigenvalue weighted by Gasteiger charge is -2.15. The van der Waals surface area contributed by atoms with Crippen LogP contribution >= 0.6 is 0 Å². The number of hydroxylamine groups is 2. The summed E-state index contributed by atoms with van der Waals surface area (Å²) in [5.41, 5.74) is 1.10. The molecule has 2 amide bonds. The Morgan fingerprint density at radius 1 is 1.18 bits per heavy atom. The highest BCUT2D eigenvalue weighted by Crippen LogP contribution is 2.24. The van der Waals surface area contributed by atoms with Crippen molar-refractivity contribution in [3.8, 4) is 0 Å². The first-order valence-electron chi connectivity index (χ1n) is 6.67. The number of carbonyl (C=O) groups excluding carboxylic acids is 3. The molecule has 2 aromatic rings. The van der Waals surface area contributed by atoms with Gasteiger partial charge in [-0.15, -0.1) is 0 Å². The van der Waals surface area contributed by atoms with Crippen molar-refractivity contribution in [2.75, 3.05) is 0 Å². The van der Waals surface area contributed by atoms with Crippen LogP contribution in [0.5, 0.6) is 0 Å². The Bertz CT molecular complexity index is 746. The number of aryl methyl sites for hydroxylation is 1. The summed E-state index contributed by atoms with van der Waals surface area (Å²) in [5.74, 6) is -2.60. The number of aromatic nitrogens is 2. The van der Waals surface area contributed by atoms with Crippen molar-refractivity contribution < 1.29 is 19.2 Å². The Hall–Kier alpha value is -2.96. The molecule has 1 aromatic heterocycles. The average molecular weight is 299 g/mol. The SMILES string of the molecule is CC(C(=O)ON1C(=O)c2ccccc2C1=O)c1cnn(C)c1. The fourth-order valence-corrected chi connectivity index (χ4v) is 2.22. The lowest BCUT2D eigenvalue weighted by molar-refractivity contribution is -0.170. The van der Waals surface area contributed by atoms with Gasteiger partial charge in [0, 0.05) is 18.8 Å². The fraction of sp³-hybridized carbons (Fsp3) is 0.200. The molecule has 2 heterocycles. The highest BCUT2D eigenvalue weighted by atomic mass is 16.7. The molecule has 1 aromatic carbocycles. The Kier molecular flexibility index (Phi) is 3.25. The molecule has 3 rings (SSSR count). The van der Waals surface area contributed by atoms with E-state index in [1.165, 1.54) is 18.3 Å². The first kappa shape index (κ1) is 14.0. The predicted molar refractivity (Wildman–Crippen MR) is 74.7 cm³/mol. The number of hydrogen-bond acceptors (Lipinski definition) is 5. The van der Waals surface area contributed by atoms with E-state index in [2.05, 4.69) is 5.10 Å². The van der Waals surface area contributed by atoms with Crippen LogP contribution in [0.1, 0.15) is 39.1 Å². The number of rotatable bonds is 3. The minimum atomic E-state index is -0.692. The van der Waals surface area contributed by atoms with E-state index in [4.69, 9.17) is 4.84 Å². The largest absolute Gasteiger partial charge is 0.340 e. The van der Waals surface area contributed by atoms with Crippen LogP contribution in [0.3, 0.4) is 0 Å². The summed E-state index contributed by atoms with van der Waals surface area (Å²) >= 11 is 0. The standard InChI is InChI=1S/C15H13N3O4/c1-9(10-7-16-17(2)8-10)15(21)22-18-13(19)11-5-3-4-6-12(11)14(18)20/h3-9H,1-2H3. The molecule has 1 unspecified atom stereocenters. The van der Waals surface area contributed by atoms with Gasteiger partial charge in [0.25, 0.3) is 11.8 Å². The third kappa shape index (κ3) is 2.16. The van der Waals surface area contributed by atoms with Crippen LogP contribution in [0, 0.1) is 0 Å². The van der Waals surface area contributed by atoms with Crippen LogP contribution in [0.15, 0.2) is 36.7 Å². The van der Waals surface area contributed by atoms with Crippen LogP contribution < -0.4 is 0 Å². The van der Waals surface area contributed by atoms with Gasteiger partial charge in [0.05, 0.1) is 23.2 Å². The van der Waals surface area contributed by atoms with Crippen LogP contribution in [-0.4, -0.2) is 32.6 Å². The number of benzene rings is 1. The Morgan fingerprint density at radius 2 is 1.77 bits per heavy atom. The van der Waals surface area contributed by atoms with E-state index in [9.17, 15) is 14.4 Å². The Morgan fingerprint density at radius 3 is 2.27 bits per heavy atom. The lowest BCUT2D eigenvalue weighted by Crippen LogP contribution is -2.34. The third-order valence-electron chi connectivity index (χ3n) is 3.52. The molecule has 0 spiro atoms. The van der Waals surface area contributed by atoms with E-state index in [1.54, 1.807) is 37.0 Å². The molecule has 1 aliphatic heterocycles. The highest BCUT2D eigenvalue weighted by Gasteiger charge is 2.39. The maximum Gasteiger partial charge on any atom is 0.340 e. The van der Waals surface area contributed by atoms with Crippen LogP contribution in [0.4, 0.5) is 0 Å². The molecular formula is C15H13N3O4. The number of hydrogen-bond donors (Lipinski definition) is 0. The zero-order valence-electron chi connectivity index (χ0n) is 12.0. The van der Waals surface area contributed by atoms with Crippen molar-refractivity contribution in [3.05, 3.63) is 53.3 Å². The molecule has 0 N–H and O–H groups in total. The van der Waals surface area contributed by atoms with Gasteiger partial charge in [0.15, 0.2) is 0 Å². The number of amides is 2. The second-order valence-corrected chi connectivity index (χ2v) is 5.03. The number of imide groups is 1. The van der Waals surface area contributed by atoms with Gasteiger partial charge in [-0.25, -0.2) is 4.79 Å². The summed E-state index contributed by atoms with van der Waals surface area (Å²) in [6.07, 6.45) is 3.21. The van der Waals surface area contributed by atoms with E-state index >= 15 is 0 Å². The van der Waals surface area contributed by atoms with Crippen molar-refractivity contribution in [1.29, 1.82) is 0 Å². The molecule has 0 aliphatic carbocycles. The van der Waals surface area contributed by atoms with Gasteiger partial charge in [-0.2, -0.15) is 5.10 Å². The molecule has 112 valence electrons. The van der Waals surface area contributed by atoms with Gasteiger partial charge in [-0.3, -0.25) is 14.3 Å². The average Bonchev–Trinajstić information content (AvgIpc) is 3.05. The molecule has 1 aliphatic rings. The molecule has 7 heteroatoms. The first-order valence-corrected chi connectivity index (χ1v) is 6.67. The van der Waals surface area contributed by atoms with Crippen molar-refractivity contribution in [1.82, 2.24) is 14.8 Å². The molecule has 0 radical (unpaired) electrons. The van der Waals surface area contributed by atoms with Crippen molar-refractivity contribution in [3.63, 3.8) is 0 Å². The van der Waals surface area contributed by atoms with Crippen LogP contribution in [-0.2, 0) is 16.7 Å². The van der Waals surface area contributed by atoms with E-state index in [-0.39, 0.29) is 11.1 Å². The zero-order chi connectivity index (χ0) is 15.9. The Labute approximate surface area is 126 Å². The van der Waals surface area contributed by atoms with Crippen molar-refractivity contribution >= 4 is 17.8 Å². The molecule has 0 saturated heterocycles. The van der Waals surface area contributed by atoms with E-state index < -0.39 is 23.7 Å². The summed E-state index contributed by atoms with van der Waals surface area (Å²) in [6, 6.07) is 6.34. The maximum atomic E-state index is 12.1. The fourth-order valence-electron chi connectivity index (χ4n) is 2.22. The van der Waals surface area contributed by atoms with Gasteiger partial charge in [-0.05, 0) is 19.1 Å². The quantitative estimate of drug-likeness (QED) is 0.797. The Balaban J connectivity index is 1.78. The van der Waals surface area contributed by atoms with Crippen molar-refractivity contribution in [2.24, 2.45) is 7.05 Å². The summed E-state index contributed by atoms with van der Waals surface area (Å²) in [6.45, 7) is 1.62. The van der Waals surface area contributed by atoms with Crippen LogP contribution in [0.2, 0.25) is 0 Å². The van der Waals surface area contributed by atoms with Crippen molar-refractivity contribution in [2.45, 2.75) is 12.8 Å². The van der Waals surface area contributed by atoms with Gasteiger partial charge in [0.2, 0.25) is 0 Å².